The van der Waals surface area contributed by atoms with Gasteiger partial charge in [0, 0.05) is 17.3 Å². The van der Waals surface area contributed by atoms with Gasteiger partial charge in [0.25, 0.3) is 0 Å². The average molecular weight is 278 g/mol. The van der Waals surface area contributed by atoms with Gasteiger partial charge in [0.15, 0.2) is 0 Å². The molecule has 112 valence electrons. The molecule has 2 aliphatic rings. The number of carboxylic acid groups (broad SMARTS) is 1. The fourth-order valence-corrected chi connectivity index (χ4v) is 4.81. The van der Waals surface area contributed by atoms with Crippen LogP contribution in [-0.2, 0) is 9.59 Å². The van der Waals surface area contributed by atoms with Gasteiger partial charge in [0.05, 0.1) is 5.92 Å². The maximum absolute atomic E-state index is 12.4. The Hall–Kier alpha value is -1.12. The Balaban J connectivity index is 2.50. The highest BCUT2D eigenvalue weighted by molar-refractivity contribution is 5.86. The number of carbonyl (C=O) groups is 2. The number of aliphatic carboxylic acids is 1. The summed E-state index contributed by atoms with van der Waals surface area (Å²) in [5.74, 6) is -0.741. The molecule has 0 aromatic heterocycles. The first-order valence-electron chi connectivity index (χ1n) is 7.72. The third kappa shape index (κ3) is 1.94. The Morgan fingerprint density at radius 1 is 1.45 bits per heavy atom. The van der Waals surface area contributed by atoms with Crippen LogP contribution in [0.15, 0.2) is 12.2 Å². The van der Waals surface area contributed by atoms with Crippen LogP contribution in [0.3, 0.4) is 0 Å². The third-order valence-corrected chi connectivity index (χ3v) is 6.16. The van der Waals surface area contributed by atoms with Gasteiger partial charge in [-0.25, -0.2) is 0 Å². The first-order chi connectivity index (χ1) is 9.28. The summed E-state index contributed by atoms with van der Waals surface area (Å²) in [4.78, 5) is 24.2. The summed E-state index contributed by atoms with van der Waals surface area (Å²) in [7, 11) is 0. The number of hydrogen-bond donors (Lipinski definition) is 1. The molecule has 0 aromatic rings. The summed E-state index contributed by atoms with van der Waals surface area (Å²) < 4.78 is 0. The second-order valence-corrected chi connectivity index (χ2v) is 6.97. The number of carbonyl (C=O) groups excluding carboxylic acids is 1. The maximum atomic E-state index is 12.4. The molecular weight excluding hydrogens is 252 g/mol. The van der Waals surface area contributed by atoms with E-state index in [1.165, 1.54) is 0 Å². The van der Waals surface area contributed by atoms with Gasteiger partial charge < -0.3 is 5.11 Å². The smallest absolute Gasteiger partial charge is 0.307 e. The van der Waals surface area contributed by atoms with Crippen molar-refractivity contribution in [3.05, 3.63) is 12.2 Å². The monoisotopic (exact) mass is 278 g/mol. The van der Waals surface area contributed by atoms with E-state index in [9.17, 15) is 14.7 Å². The Kier molecular flexibility index (Phi) is 3.83. The first-order valence-corrected chi connectivity index (χ1v) is 7.72. The van der Waals surface area contributed by atoms with Crippen LogP contribution in [-0.4, -0.2) is 16.9 Å². The van der Waals surface area contributed by atoms with E-state index in [2.05, 4.69) is 13.5 Å². The highest BCUT2D eigenvalue weighted by Gasteiger charge is 2.58. The molecule has 0 aliphatic heterocycles. The summed E-state index contributed by atoms with van der Waals surface area (Å²) in [5.41, 5.74) is 0.227. The number of carboxylic acids is 1. The largest absolute Gasteiger partial charge is 0.481 e. The van der Waals surface area contributed by atoms with Crippen LogP contribution in [0.25, 0.3) is 0 Å². The van der Waals surface area contributed by atoms with Crippen LogP contribution in [0.2, 0.25) is 0 Å². The van der Waals surface area contributed by atoms with Crippen molar-refractivity contribution in [2.75, 3.05) is 0 Å². The van der Waals surface area contributed by atoms with E-state index in [0.29, 0.717) is 18.6 Å². The molecule has 3 heteroatoms. The summed E-state index contributed by atoms with van der Waals surface area (Å²) in [6, 6.07) is 0. The number of ketones is 1. The van der Waals surface area contributed by atoms with Crippen molar-refractivity contribution in [3.8, 4) is 0 Å². The number of allylic oxidation sites excluding steroid dienone is 1. The van der Waals surface area contributed by atoms with Crippen LogP contribution in [0.5, 0.6) is 0 Å². The van der Waals surface area contributed by atoms with Crippen LogP contribution < -0.4 is 0 Å². The predicted octanol–water partition coefficient (Wildman–Crippen LogP) is 3.83. The number of hydrogen-bond acceptors (Lipinski definition) is 2. The minimum absolute atomic E-state index is 0.124. The molecule has 2 saturated carbocycles. The molecule has 2 fully saturated rings. The van der Waals surface area contributed by atoms with Gasteiger partial charge in [-0.05, 0) is 38.0 Å². The van der Waals surface area contributed by atoms with E-state index < -0.39 is 17.3 Å². The lowest BCUT2D eigenvalue weighted by molar-refractivity contribution is -0.156. The van der Waals surface area contributed by atoms with E-state index >= 15 is 0 Å². The predicted molar refractivity (Wildman–Crippen MR) is 78.4 cm³/mol. The second-order valence-electron chi connectivity index (χ2n) is 6.97. The van der Waals surface area contributed by atoms with Crippen molar-refractivity contribution in [2.45, 2.75) is 59.3 Å². The normalized spacial score (nSPS) is 39.2. The van der Waals surface area contributed by atoms with E-state index in [1.807, 2.05) is 13.8 Å². The maximum Gasteiger partial charge on any atom is 0.307 e. The topological polar surface area (TPSA) is 54.4 Å². The van der Waals surface area contributed by atoms with Gasteiger partial charge in [-0.2, -0.15) is 0 Å². The number of fused-ring (bicyclic) bond motifs is 1. The van der Waals surface area contributed by atoms with Crippen molar-refractivity contribution >= 4 is 11.8 Å². The van der Waals surface area contributed by atoms with Gasteiger partial charge in [0.2, 0.25) is 0 Å². The molecular formula is C17H26O3. The average Bonchev–Trinajstić information content (AvgIpc) is 2.38. The SMILES string of the molecule is C=C1CC[C@@]2(C)C(=O)CCC[C@H]2[C@]1(C)C(CC)C(=O)O. The Morgan fingerprint density at radius 2 is 2.10 bits per heavy atom. The standard InChI is InChI=1S/C17H26O3/c1-5-12(15(19)20)17(4)11(2)9-10-16(3)13(17)7-6-8-14(16)18/h12-13H,2,5-10H2,1,3-4H3,(H,19,20)/t12?,13-,16-,17+/m1/s1. The summed E-state index contributed by atoms with van der Waals surface area (Å²) >= 11 is 0. The third-order valence-electron chi connectivity index (χ3n) is 6.16. The zero-order valence-electron chi connectivity index (χ0n) is 12.9. The molecule has 2 aliphatic carbocycles. The highest BCUT2D eigenvalue weighted by Crippen LogP contribution is 2.61. The molecule has 0 saturated heterocycles. The molecule has 0 bridgehead atoms. The minimum Gasteiger partial charge on any atom is -0.481 e. The van der Waals surface area contributed by atoms with E-state index in [1.54, 1.807) is 0 Å². The quantitative estimate of drug-likeness (QED) is 0.798. The number of rotatable bonds is 3. The van der Waals surface area contributed by atoms with Crippen LogP contribution in [0, 0.1) is 22.7 Å². The van der Waals surface area contributed by atoms with Gasteiger partial charge >= 0.3 is 5.97 Å². The molecule has 0 radical (unpaired) electrons. The molecule has 3 nitrogen and oxygen atoms in total. The zero-order valence-corrected chi connectivity index (χ0v) is 12.9. The minimum atomic E-state index is -0.751. The van der Waals surface area contributed by atoms with Gasteiger partial charge in [0.1, 0.15) is 5.78 Å². The Labute approximate surface area is 121 Å². The lowest BCUT2D eigenvalue weighted by Crippen LogP contribution is -2.55. The lowest BCUT2D eigenvalue weighted by atomic mass is 9.46. The molecule has 0 spiro atoms. The highest BCUT2D eigenvalue weighted by atomic mass is 16.4. The van der Waals surface area contributed by atoms with Crippen molar-refractivity contribution < 1.29 is 14.7 Å². The van der Waals surface area contributed by atoms with Crippen LogP contribution >= 0.6 is 0 Å². The summed E-state index contributed by atoms with van der Waals surface area (Å²) in [5, 5.41) is 9.62. The van der Waals surface area contributed by atoms with Gasteiger partial charge in [-0.15, -0.1) is 0 Å². The molecule has 2 rings (SSSR count). The molecule has 1 N–H and O–H groups in total. The Morgan fingerprint density at radius 3 is 2.65 bits per heavy atom. The van der Waals surface area contributed by atoms with E-state index in [-0.39, 0.29) is 11.3 Å². The van der Waals surface area contributed by atoms with Crippen LogP contribution in [0.1, 0.15) is 59.3 Å². The Bertz CT molecular complexity index is 453. The molecule has 0 amide bonds. The summed E-state index contributed by atoms with van der Waals surface area (Å²) in [6.07, 6.45) is 4.69. The van der Waals surface area contributed by atoms with E-state index in [0.717, 1.165) is 31.3 Å². The molecule has 0 aromatic carbocycles. The molecule has 1 unspecified atom stereocenters. The fourth-order valence-electron chi connectivity index (χ4n) is 4.81. The molecule has 0 heterocycles. The zero-order chi connectivity index (χ0) is 15.1. The molecule has 20 heavy (non-hydrogen) atoms. The van der Waals surface area contributed by atoms with Crippen molar-refractivity contribution in [2.24, 2.45) is 22.7 Å². The van der Waals surface area contributed by atoms with Crippen molar-refractivity contribution in [1.29, 1.82) is 0 Å². The van der Waals surface area contributed by atoms with Crippen molar-refractivity contribution in [1.82, 2.24) is 0 Å². The van der Waals surface area contributed by atoms with Gasteiger partial charge in [-0.3, -0.25) is 9.59 Å². The molecule has 4 atom stereocenters. The fraction of sp³-hybridized carbons (Fsp3) is 0.765. The van der Waals surface area contributed by atoms with Crippen LogP contribution in [0.4, 0.5) is 0 Å². The first kappa shape index (κ1) is 15.3. The summed E-state index contributed by atoms with van der Waals surface area (Å²) in [6.45, 7) is 10.2. The van der Waals surface area contributed by atoms with Crippen molar-refractivity contribution in [3.63, 3.8) is 0 Å². The number of Topliss-reactive ketones (excluding diaryl/α,β-unsaturated/α-hetero) is 1. The lowest BCUT2D eigenvalue weighted by Gasteiger charge is -2.56. The van der Waals surface area contributed by atoms with E-state index in [4.69, 9.17) is 0 Å². The second kappa shape index (κ2) is 5.01. The van der Waals surface area contributed by atoms with Gasteiger partial charge in [-0.1, -0.05) is 32.9 Å².